The van der Waals surface area contributed by atoms with Gasteiger partial charge in [0.1, 0.15) is 10.8 Å². The van der Waals surface area contributed by atoms with Gasteiger partial charge in [0.15, 0.2) is 0 Å². The van der Waals surface area contributed by atoms with E-state index in [1.165, 1.54) is 29.5 Å². The summed E-state index contributed by atoms with van der Waals surface area (Å²) in [4.78, 5) is 29.8. The van der Waals surface area contributed by atoms with Gasteiger partial charge >= 0.3 is 0 Å². The van der Waals surface area contributed by atoms with Crippen LogP contribution in [0.5, 0.6) is 0 Å². The van der Waals surface area contributed by atoms with Crippen molar-refractivity contribution >= 4 is 29.2 Å². The summed E-state index contributed by atoms with van der Waals surface area (Å²) in [5.74, 6) is -0.670. The molecule has 3 rings (SSSR count). The third kappa shape index (κ3) is 4.73. The van der Waals surface area contributed by atoms with Crippen LogP contribution in [0.2, 0.25) is 0 Å². The van der Waals surface area contributed by atoms with E-state index < -0.39 is 0 Å². The summed E-state index contributed by atoms with van der Waals surface area (Å²) in [5.41, 5.74) is 1.47. The van der Waals surface area contributed by atoms with Crippen LogP contribution >= 0.6 is 11.3 Å². The maximum absolute atomic E-state index is 12.9. The first-order chi connectivity index (χ1) is 12.1. The quantitative estimate of drug-likeness (QED) is 0.835. The fourth-order valence-electron chi connectivity index (χ4n) is 2.55. The molecule has 0 spiro atoms. The Kier molecular flexibility index (Phi) is 5.55. The highest BCUT2D eigenvalue weighted by Crippen LogP contribution is 2.24. The van der Waals surface area contributed by atoms with Crippen LogP contribution in [0.15, 0.2) is 35.7 Å². The van der Waals surface area contributed by atoms with Crippen LogP contribution in [0.3, 0.4) is 0 Å². The number of carbonyl (C=O) groups excluding carboxylic acids is 2. The van der Waals surface area contributed by atoms with Crippen molar-refractivity contribution in [1.82, 2.24) is 15.2 Å². The molecule has 0 aliphatic carbocycles. The van der Waals surface area contributed by atoms with E-state index in [4.69, 9.17) is 0 Å². The lowest BCUT2D eigenvalue weighted by atomic mass is 10.2. The number of nitrogens with one attached hydrogen (secondary N) is 1. The Morgan fingerprint density at radius 2 is 1.96 bits per heavy atom. The Balaban J connectivity index is 1.52. The largest absolute Gasteiger partial charge is 0.343 e. The first kappa shape index (κ1) is 17.3. The molecule has 1 N–H and O–H groups in total. The van der Waals surface area contributed by atoms with Crippen molar-refractivity contribution in [3.8, 4) is 10.6 Å². The number of halogens is 1. The number of aromatic nitrogens is 1. The average molecular weight is 359 g/mol. The molecule has 1 aliphatic rings. The van der Waals surface area contributed by atoms with Gasteiger partial charge in [-0.3, -0.25) is 9.59 Å². The first-order valence-electron chi connectivity index (χ1n) is 8.07. The number of carbonyl (C=O) groups is 2. The number of likely N-dealkylation sites (tertiary alicyclic amines) is 1. The molecule has 1 aromatic carbocycles. The van der Waals surface area contributed by atoms with Crippen molar-refractivity contribution < 1.29 is 14.0 Å². The lowest BCUT2D eigenvalue weighted by Crippen LogP contribution is -2.38. The standard InChI is InChI=1S/C18H18FN3O2S/c19-14-5-3-13(4-6-14)18-21-15(12-25-18)7-8-16(23)20-11-17(24)22-9-1-2-10-22/h3-8,12H,1-2,9-11H2,(H,20,23)/b8-7+. The first-order valence-corrected chi connectivity index (χ1v) is 8.95. The van der Waals surface area contributed by atoms with Crippen molar-refractivity contribution in [2.75, 3.05) is 19.6 Å². The number of hydrogen-bond acceptors (Lipinski definition) is 4. The molecule has 1 aromatic heterocycles. The van der Waals surface area contributed by atoms with E-state index in [0.717, 1.165) is 36.5 Å². The van der Waals surface area contributed by atoms with Crippen LogP contribution in [0.4, 0.5) is 4.39 Å². The minimum atomic E-state index is -0.330. The number of rotatable bonds is 5. The number of nitrogens with zero attached hydrogens (tertiary/aromatic N) is 2. The lowest BCUT2D eigenvalue weighted by molar-refractivity contribution is -0.131. The van der Waals surface area contributed by atoms with Gasteiger partial charge in [0, 0.05) is 30.1 Å². The fraction of sp³-hybridized carbons (Fsp3) is 0.278. The zero-order valence-corrected chi connectivity index (χ0v) is 14.4. The van der Waals surface area contributed by atoms with E-state index in [9.17, 15) is 14.0 Å². The summed E-state index contributed by atoms with van der Waals surface area (Å²) in [5, 5.41) is 5.16. The molecule has 2 amide bonds. The van der Waals surface area contributed by atoms with Gasteiger partial charge in [0.2, 0.25) is 11.8 Å². The molecule has 2 aromatic rings. The molecule has 25 heavy (non-hydrogen) atoms. The van der Waals surface area contributed by atoms with Gasteiger partial charge in [-0.05, 0) is 43.2 Å². The Labute approximate surface area is 149 Å². The molecular formula is C18H18FN3O2S. The van der Waals surface area contributed by atoms with Crippen LogP contribution in [-0.4, -0.2) is 41.3 Å². The molecule has 1 fully saturated rings. The summed E-state index contributed by atoms with van der Waals surface area (Å²) in [7, 11) is 0. The smallest absolute Gasteiger partial charge is 0.244 e. The van der Waals surface area contributed by atoms with Crippen LogP contribution in [0.1, 0.15) is 18.5 Å². The molecule has 0 unspecified atom stereocenters. The van der Waals surface area contributed by atoms with Crippen LogP contribution in [0.25, 0.3) is 16.6 Å². The zero-order valence-electron chi connectivity index (χ0n) is 13.6. The second kappa shape index (κ2) is 8.02. The maximum atomic E-state index is 12.9. The van der Waals surface area contributed by atoms with Crippen molar-refractivity contribution in [3.05, 3.63) is 47.2 Å². The normalized spacial score (nSPS) is 14.2. The number of hydrogen-bond donors (Lipinski definition) is 1. The predicted molar refractivity (Wildman–Crippen MR) is 95.4 cm³/mol. The number of amides is 2. The van der Waals surface area contributed by atoms with E-state index in [2.05, 4.69) is 10.3 Å². The van der Waals surface area contributed by atoms with Gasteiger partial charge in [0.05, 0.1) is 12.2 Å². The molecule has 0 atom stereocenters. The van der Waals surface area contributed by atoms with Crippen molar-refractivity contribution in [1.29, 1.82) is 0 Å². The molecule has 0 radical (unpaired) electrons. The van der Waals surface area contributed by atoms with Gasteiger partial charge in [-0.25, -0.2) is 9.37 Å². The monoisotopic (exact) mass is 359 g/mol. The van der Waals surface area contributed by atoms with E-state index in [1.54, 1.807) is 23.1 Å². The average Bonchev–Trinajstić information content (AvgIpc) is 3.30. The van der Waals surface area contributed by atoms with Crippen LogP contribution < -0.4 is 5.32 Å². The van der Waals surface area contributed by atoms with E-state index in [-0.39, 0.29) is 24.2 Å². The van der Waals surface area contributed by atoms with Gasteiger partial charge in [-0.15, -0.1) is 11.3 Å². The third-order valence-corrected chi connectivity index (χ3v) is 4.80. The minimum Gasteiger partial charge on any atom is -0.343 e. The minimum absolute atomic E-state index is 0.0149. The second-order valence-corrected chi connectivity index (χ2v) is 6.58. The SMILES string of the molecule is O=C(/C=C/c1csc(-c2ccc(F)cc2)n1)NCC(=O)N1CCCC1. The molecular weight excluding hydrogens is 341 g/mol. The van der Waals surface area contributed by atoms with Gasteiger partial charge in [-0.2, -0.15) is 0 Å². The Hall–Kier alpha value is -2.54. The Morgan fingerprint density at radius 1 is 1.24 bits per heavy atom. The summed E-state index contributed by atoms with van der Waals surface area (Å²) in [6.45, 7) is 1.56. The highest BCUT2D eigenvalue weighted by atomic mass is 32.1. The molecule has 1 saturated heterocycles. The Morgan fingerprint density at radius 3 is 2.68 bits per heavy atom. The summed E-state index contributed by atoms with van der Waals surface area (Å²) in [6, 6.07) is 6.10. The van der Waals surface area contributed by atoms with Gasteiger partial charge in [-0.1, -0.05) is 0 Å². The van der Waals surface area contributed by atoms with Gasteiger partial charge in [0.25, 0.3) is 0 Å². The second-order valence-electron chi connectivity index (χ2n) is 5.72. The van der Waals surface area contributed by atoms with Crippen LogP contribution in [0, 0.1) is 5.82 Å². The van der Waals surface area contributed by atoms with Crippen LogP contribution in [-0.2, 0) is 9.59 Å². The molecule has 7 heteroatoms. The molecule has 1 aliphatic heterocycles. The predicted octanol–water partition coefficient (Wildman–Crippen LogP) is 2.70. The maximum Gasteiger partial charge on any atom is 0.244 e. The number of thiazole rings is 1. The zero-order chi connectivity index (χ0) is 17.6. The third-order valence-electron chi connectivity index (χ3n) is 3.89. The molecule has 5 nitrogen and oxygen atoms in total. The molecule has 0 bridgehead atoms. The Bertz CT molecular complexity index is 780. The summed E-state index contributed by atoms with van der Waals surface area (Å²) >= 11 is 1.42. The molecule has 0 saturated carbocycles. The van der Waals surface area contributed by atoms with Crippen molar-refractivity contribution in [2.24, 2.45) is 0 Å². The van der Waals surface area contributed by atoms with E-state index >= 15 is 0 Å². The lowest BCUT2D eigenvalue weighted by Gasteiger charge is -2.14. The summed E-state index contributed by atoms with van der Waals surface area (Å²) in [6.07, 6.45) is 5.01. The van der Waals surface area contributed by atoms with Crippen molar-refractivity contribution in [2.45, 2.75) is 12.8 Å². The highest BCUT2D eigenvalue weighted by Gasteiger charge is 2.17. The van der Waals surface area contributed by atoms with E-state index in [0.29, 0.717) is 5.69 Å². The highest BCUT2D eigenvalue weighted by molar-refractivity contribution is 7.13. The topological polar surface area (TPSA) is 62.3 Å². The molecule has 130 valence electrons. The summed E-state index contributed by atoms with van der Waals surface area (Å²) < 4.78 is 12.9. The molecule has 2 heterocycles. The fourth-order valence-corrected chi connectivity index (χ4v) is 3.34. The van der Waals surface area contributed by atoms with Gasteiger partial charge < -0.3 is 10.2 Å². The van der Waals surface area contributed by atoms with Crippen molar-refractivity contribution in [3.63, 3.8) is 0 Å². The number of benzene rings is 1. The van der Waals surface area contributed by atoms with E-state index in [1.807, 2.05) is 5.38 Å².